The molecule has 10 heteroatoms. The number of thioether (sulfide) groups is 2. The Bertz CT molecular complexity index is 444. The van der Waals surface area contributed by atoms with Gasteiger partial charge in [-0.15, -0.1) is 11.8 Å². The lowest BCUT2D eigenvalue weighted by molar-refractivity contribution is -0.0228. The molecule has 25 heavy (non-hydrogen) atoms. The number of rotatable bonds is 5. The van der Waals surface area contributed by atoms with Gasteiger partial charge in [-0.05, 0) is 25.7 Å². The molecular formula is C15H30N6O2S2. The predicted octanol–water partition coefficient (Wildman–Crippen LogP) is 0.352. The Hall–Kier alpha value is 0.380. The minimum Gasteiger partial charge on any atom is -0.341 e. The maximum Gasteiger partial charge on any atom is 0.131 e. The lowest BCUT2D eigenvalue weighted by Crippen LogP contribution is -2.47. The van der Waals surface area contributed by atoms with E-state index in [1.807, 2.05) is 0 Å². The van der Waals surface area contributed by atoms with E-state index in [0.717, 1.165) is 5.75 Å². The van der Waals surface area contributed by atoms with Gasteiger partial charge in [-0.3, -0.25) is 4.84 Å². The van der Waals surface area contributed by atoms with E-state index in [-0.39, 0.29) is 28.8 Å². The fourth-order valence-corrected chi connectivity index (χ4v) is 6.38. The van der Waals surface area contributed by atoms with Crippen LogP contribution in [0.2, 0.25) is 0 Å². The zero-order valence-electron chi connectivity index (χ0n) is 14.6. The number of nitrogens with one attached hydrogen (secondary N) is 5. The van der Waals surface area contributed by atoms with Crippen molar-refractivity contribution in [2.24, 2.45) is 17.6 Å². The van der Waals surface area contributed by atoms with E-state index in [2.05, 4.69) is 34.1 Å². The molecule has 0 radical (unpaired) electrons. The monoisotopic (exact) mass is 390 g/mol. The number of hydroxylamine groups is 1. The van der Waals surface area contributed by atoms with Gasteiger partial charge >= 0.3 is 0 Å². The van der Waals surface area contributed by atoms with Crippen molar-refractivity contribution in [3.8, 4) is 0 Å². The van der Waals surface area contributed by atoms with E-state index in [4.69, 9.17) is 15.3 Å². The highest BCUT2D eigenvalue weighted by atomic mass is 32.2. The van der Waals surface area contributed by atoms with E-state index >= 15 is 0 Å². The molecule has 7 atom stereocenters. The van der Waals surface area contributed by atoms with Crippen LogP contribution in [0, 0.1) is 11.8 Å². The van der Waals surface area contributed by atoms with Gasteiger partial charge in [0.25, 0.3) is 0 Å². The SMILES string of the molecule is CC1ONC(C2CCCCC2)C1C1NNC(CSC2NNC(N)S2)O1. The Balaban J connectivity index is 1.28. The lowest BCUT2D eigenvalue weighted by atomic mass is 9.77. The molecule has 4 rings (SSSR count). The highest BCUT2D eigenvalue weighted by Gasteiger charge is 2.47. The summed E-state index contributed by atoms with van der Waals surface area (Å²) in [5, 5.41) is 0. The van der Waals surface area contributed by atoms with Gasteiger partial charge in [0, 0.05) is 17.7 Å². The molecule has 0 bridgehead atoms. The maximum absolute atomic E-state index is 6.27. The molecule has 4 fully saturated rings. The van der Waals surface area contributed by atoms with Crippen LogP contribution in [-0.2, 0) is 9.57 Å². The number of hydrogen-bond donors (Lipinski definition) is 6. The Kier molecular flexibility index (Phi) is 6.44. The second kappa shape index (κ2) is 8.59. The second-order valence-corrected chi connectivity index (χ2v) is 9.97. The highest BCUT2D eigenvalue weighted by molar-refractivity contribution is 8.17. The molecule has 0 aromatic rings. The van der Waals surface area contributed by atoms with Gasteiger partial charge in [0.2, 0.25) is 0 Å². The molecule has 8 nitrogen and oxygen atoms in total. The van der Waals surface area contributed by atoms with Crippen LogP contribution in [-0.4, -0.2) is 40.6 Å². The van der Waals surface area contributed by atoms with E-state index in [1.54, 1.807) is 23.5 Å². The fourth-order valence-electron chi connectivity index (χ4n) is 4.27. The standard InChI is InChI=1S/C15H30N6O2S2/c1-8-11(12(21-23-8)9-5-3-2-4-6-9)13-18-17-10(22-13)7-24-15-20-19-14(16)25-15/h8-15,17-21H,2-7,16H2,1H3. The number of hydrogen-bond acceptors (Lipinski definition) is 10. The second-order valence-electron chi connectivity index (χ2n) is 7.29. The Morgan fingerprint density at radius 1 is 1.12 bits per heavy atom. The molecule has 3 aliphatic heterocycles. The fraction of sp³-hybridized carbons (Fsp3) is 1.00. The summed E-state index contributed by atoms with van der Waals surface area (Å²) in [5.74, 6) is 1.86. The van der Waals surface area contributed by atoms with Crippen molar-refractivity contribution in [3.05, 3.63) is 0 Å². The summed E-state index contributed by atoms with van der Waals surface area (Å²) in [4.78, 5) is 5.79. The van der Waals surface area contributed by atoms with E-state index < -0.39 is 0 Å². The van der Waals surface area contributed by atoms with E-state index in [0.29, 0.717) is 17.9 Å². The molecule has 1 aliphatic carbocycles. The molecule has 0 amide bonds. The van der Waals surface area contributed by atoms with Gasteiger partial charge in [0.05, 0.1) is 6.10 Å². The molecule has 0 aromatic heterocycles. The first-order chi connectivity index (χ1) is 12.2. The van der Waals surface area contributed by atoms with Gasteiger partial charge < -0.3 is 10.5 Å². The summed E-state index contributed by atoms with van der Waals surface area (Å²) in [7, 11) is 0. The third-order valence-corrected chi connectivity index (χ3v) is 8.00. The summed E-state index contributed by atoms with van der Waals surface area (Å²) in [6.45, 7) is 2.14. The van der Waals surface area contributed by atoms with Crippen LogP contribution >= 0.6 is 23.5 Å². The number of hydrazine groups is 2. The van der Waals surface area contributed by atoms with Crippen molar-refractivity contribution in [2.45, 2.75) is 73.8 Å². The van der Waals surface area contributed by atoms with Crippen LogP contribution in [0.1, 0.15) is 39.0 Å². The summed E-state index contributed by atoms with van der Waals surface area (Å²) in [6.07, 6.45) is 6.75. The minimum absolute atomic E-state index is 0.00553. The number of nitrogens with two attached hydrogens (primary N) is 1. The molecule has 7 unspecified atom stereocenters. The quantitative estimate of drug-likeness (QED) is 0.394. The Labute approximate surface area is 157 Å². The van der Waals surface area contributed by atoms with Crippen LogP contribution < -0.4 is 32.9 Å². The zero-order chi connectivity index (χ0) is 17.2. The molecule has 144 valence electrons. The molecule has 4 aliphatic rings. The predicted molar refractivity (Wildman–Crippen MR) is 101 cm³/mol. The molecular weight excluding hydrogens is 360 g/mol. The van der Waals surface area contributed by atoms with Crippen LogP contribution in [0.15, 0.2) is 0 Å². The molecule has 0 aromatic carbocycles. The van der Waals surface area contributed by atoms with Crippen molar-refractivity contribution < 1.29 is 9.57 Å². The summed E-state index contributed by atoms with van der Waals surface area (Å²) in [5.41, 5.74) is 21.9. The molecule has 0 spiro atoms. The Morgan fingerprint density at radius 3 is 2.72 bits per heavy atom. The zero-order valence-corrected chi connectivity index (χ0v) is 16.2. The van der Waals surface area contributed by atoms with E-state index in [1.165, 1.54) is 32.1 Å². The largest absolute Gasteiger partial charge is 0.341 e. The van der Waals surface area contributed by atoms with Gasteiger partial charge in [-0.1, -0.05) is 31.0 Å². The smallest absolute Gasteiger partial charge is 0.131 e. The normalized spacial score (nSPS) is 46.1. The molecule has 3 heterocycles. The molecule has 7 N–H and O–H groups in total. The van der Waals surface area contributed by atoms with Crippen LogP contribution in [0.4, 0.5) is 0 Å². The van der Waals surface area contributed by atoms with Gasteiger partial charge in [0.15, 0.2) is 0 Å². The van der Waals surface area contributed by atoms with Gasteiger partial charge in [-0.2, -0.15) is 5.48 Å². The first-order valence-electron chi connectivity index (χ1n) is 9.32. The number of ether oxygens (including phenoxy) is 1. The average molecular weight is 391 g/mol. The summed E-state index contributed by atoms with van der Waals surface area (Å²) >= 11 is 3.47. The van der Waals surface area contributed by atoms with E-state index in [9.17, 15) is 0 Å². The average Bonchev–Trinajstić information content (AvgIpc) is 3.33. The summed E-state index contributed by atoms with van der Waals surface area (Å²) < 4.78 is 6.53. The summed E-state index contributed by atoms with van der Waals surface area (Å²) in [6, 6.07) is 0.371. The maximum atomic E-state index is 6.27. The van der Waals surface area contributed by atoms with Crippen LogP contribution in [0.3, 0.4) is 0 Å². The third-order valence-electron chi connectivity index (χ3n) is 5.56. The van der Waals surface area contributed by atoms with Crippen molar-refractivity contribution in [2.75, 3.05) is 5.75 Å². The van der Waals surface area contributed by atoms with Crippen LogP contribution in [0.5, 0.6) is 0 Å². The topological polar surface area (TPSA) is 105 Å². The first kappa shape index (κ1) is 18.7. The molecule has 1 saturated carbocycles. The van der Waals surface area contributed by atoms with Crippen molar-refractivity contribution in [3.63, 3.8) is 0 Å². The Morgan fingerprint density at radius 2 is 1.96 bits per heavy atom. The lowest BCUT2D eigenvalue weighted by Gasteiger charge is -2.33. The minimum atomic E-state index is -0.0420. The third kappa shape index (κ3) is 4.45. The first-order valence-corrected chi connectivity index (χ1v) is 11.3. The van der Waals surface area contributed by atoms with Crippen molar-refractivity contribution in [1.29, 1.82) is 0 Å². The van der Waals surface area contributed by atoms with Crippen LogP contribution in [0.25, 0.3) is 0 Å². The van der Waals surface area contributed by atoms with Crippen molar-refractivity contribution in [1.82, 2.24) is 27.2 Å². The van der Waals surface area contributed by atoms with Gasteiger partial charge in [-0.25, -0.2) is 21.7 Å². The molecule has 3 saturated heterocycles. The van der Waals surface area contributed by atoms with Gasteiger partial charge in [0.1, 0.15) is 22.7 Å². The van der Waals surface area contributed by atoms with Crippen molar-refractivity contribution >= 4 is 23.5 Å². The highest BCUT2D eigenvalue weighted by Crippen LogP contribution is 2.37.